The molecule has 0 atom stereocenters. The minimum atomic E-state index is -0.408. The number of hydrogen-bond donors (Lipinski definition) is 1. The van der Waals surface area contributed by atoms with Crippen molar-refractivity contribution in [1.82, 2.24) is 9.97 Å². The maximum absolute atomic E-state index is 14.3. The van der Waals surface area contributed by atoms with Crippen molar-refractivity contribution >= 4 is 34.7 Å². The Morgan fingerprint density at radius 1 is 1.37 bits per heavy atom. The highest BCUT2D eigenvalue weighted by atomic mass is 35.5. The summed E-state index contributed by atoms with van der Waals surface area (Å²) in [4.78, 5) is 23.9. The summed E-state index contributed by atoms with van der Waals surface area (Å²) in [5.74, 6) is 0.834. The number of amides is 1. The Morgan fingerprint density at radius 3 is 2.93 bits per heavy atom. The lowest BCUT2D eigenvalue weighted by Crippen LogP contribution is -2.37. The number of nitrogens with one attached hydrogen (secondary N) is 1. The van der Waals surface area contributed by atoms with E-state index in [-0.39, 0.29) is 5.91 Å². The molecule has 7 heteroatoms. The van der Waals surface area contributed by atoms with Crippen LogP contribution in [0.3, 0.4) is 0 Å². The summed E-state index contributed by atoms with van der Waals surface area (Å²) in [5.41, 5.74) is 2.22. The van der Waals surface area contributed by atoms with E-state index in [9.17, 15) is 9.18 Å². The third-order valence-corrected chi connectivity index (χ3v) is 6.60. The van der Waals surface area contributed by atoms with Crippen LogP contribution in [-0.2, 0) is 6.42 Å². The average molecular weight is 402 g/mol. The van der Waals surface area contributed by atoms with Crippen LogP contribution in [0.2, 0.25) is 5.02 Å². The van der Waals surface area contributed by atoms with Crippen LogP contribution in [-0.4, -0.2) is 22.4 Å². The van der Waals surface area contributed by atoms with Gasteiger partial charge in [-0.25, -0.2) is 9.37 Å². The number of fused-ring (bicyclic) bond motifs is 1. The number of carbonyl (C=O) groups is 1. The molecule has 1 aromatic carbocycles. The Kier molecular flexibility index (Phi) is 3.88. The quantitative estimate of drug-likeness (QED) is 0.645. The van der Waals surface area contributed by atoms with E-state index in [1.165, 1.54) is 18.9 Å². The van der Waals surface area contributed by atoms with Gasteiger partial charge in [-0.3, -0.25) is 9.69 Å². The largest absolute Gasteiger partial charge is 0.358 e. The second-order valence-electron chi connectivity index (χ2n) is 7.08. The molecule has 0 unspecified atom stereocenters. The van der Waals surface area contributed by atoms with Crippen molar-refractivity contribution in [3.63, 3.8) is 0 Å². The molecule has 1 fully saturated rings. The number of nitrogens with zero attached hydrogens (tertiary/aromatic N) is 2. The molecule has 1 N–H and O–H groups in total. The van der Waals surface area contributed by atoms with Gasteiger partial charge in [0.1, 0.15) is 11.6 Å². The van der Waals surface area contributed by atoms with Gasteiger partial charge >= 0.3 is 0 Å². The highest BCUT2D eigenvalue weighted by Crippen LogP contribution is 2.44. The van der Waals surface area contributed by atoms with E-state index in [0.29, 0.717) is 40.7 Å². The lowest BCUT2D eigenvalue weighted by molar-refractivity contribution is 0.0980. The zero-order valence-electron chi connectivity index (χ0n) is 14.7. The maximum atomic E-state index is 14.3. The van der Waals surface area contributed by atoms with Crippen LogP contribution in [0, 0.1) is 12.7 Å². The van der Waals surface area contributed by atoms with Gasteiger partial charge in [0, 0.05) is 29.5 Å². The third-order valence-electron chi connectivity index (χ3n) is 5.16. The topological polar surface area (TPSA) is 49.0 Å². The second-order valence-corrected chi connectivity index (χ2v) is 8.73. The molecule has 1 aliphatic carbocycles. The third kappa shape index (κ3) is 2.78. The van der Waals surface area contributed by atoms with Crippen molar-refractivity contribution in [2.45, 2.75) is 32.1 Å². The molecule has 1 amide bonds. The Labute approximate surface area is 165 Å². The number of halogens is 2. The predicted octanol–water partition coefficient (Wildman–Crippen LogP) is 5.32. The van der Waals surface area contributed by atoms with Crippen LogP contribution in [0.15, 0.2) is 24.3 Å². The van der Waals surface area contributed by atoms with Gasteiger partial charge in [0.25, 0.3) is 5.91 Å². The fourth-order valence-electron chi connectivity index (χ4n) is 3.61. The van der Waals surface area contributed by atoms with Crippen LogP contribution >= 0.6 is 22.9 Å². The lowest BCUT2D eigenvalue weighted by Gasteiger charge is -2.25. The summed E-state index contributed by atoms with van der Waals surface area (Å²) in [6.07, 6.45) is 3.05. The number of aromatic nitrogens is 2. The maximum Gasteiger partial charge on any atom is 0.261 e. The van der Waals surface area contributed by atoms with E-state index in [2.05, 4.69) is 4.98 Å². The van der Waals surface area contributed by atoms with E-state index >= 15 is 0 Å². The van der Waals surface area contributed by atoms with Crippen LogP contribution < -0.4 is 4.90 Å². The Bertz CT molecular complexity index is 1050. The number of benzene rings is 1. The Hall–Kier alpha value is -2.18. The number of carbonyl (C=O) groups excluding carboxylic acids is 1. The van der Waals surface area contributed by atoms with E-state index in [1.54, 1.807) is 34.4 Å². The van der Waals surface area contributed by atoms with Gasteiger partial charge in [-0.1, -0.05) is 17.7 Å². The molecular weight excluding hydrogens is 385 g/mol. The minimum Gasteiger partial charge on any atom is -0.358 e. The molecule has 2 aliphatic rings. The molecule has 3 aromatic rings. The van der Waals surface area contributed by atoms with Crippen LogP contribution in [0.1, 0.15) is 44.7 Å². The number of aromatic amines is 1. The molecule has 2 aromatic heterocycles. The summed E-state index contributed by atoms with van der Waals surface area (Å²) in [6.45, 7) is 2.58. The fraction of sp³-hybridized carbons (Fsp3) is 0.300. The first-order valence-corrected chi connectivity index (χ1v) is 10.2. The first kappa shape index (κ1) is 17.0. The van der Waals surface area contributed by atoms with Gasteiger partial charge in [0.15, 0.2) is 0 Å². The molecule has 138 valence electrons. The highest BCUT2D eigenvalue weighted by molar-refractivity contribution is 7.12. The standard InChI is InChI=1S/C20H17ClFN3OS/c1-10-18(24-19(27-10)11-5-6-11)25-8-7-15-12(20(25)26)9-16(23-15)17-13(21)3-2-4-14(17)22/h2-4,9,11,23H,5-8H2,1H3. The lowest BCUT2D eigenvalue weighted by atomic mass is 10.1. The van der Waals surface area contributed by atoms with Gasteiger partial charge < -0.3 is 4.98 Å². The summed E-state index contributed by atoms with van der Waals surface area (Å²) < 4.78 is 14.3. The molecule has 1 saturated carbocycles. The summed E-state index contributed by atoms with van der Waals surface area (Å²) in [7, 11) is 0. The molecule has 0 saturated heterocycles. The zero-order chi connectivity index (χ0) is 18.7. The van der Waals surface area contributed by atoms with Crippen molar-refractivity contribution in [3.8, 4) is 11.3 Å². The second kappa shape index (κ2) is 6.17. The number of hydrogen-bond acceptors (Lipinski definition) is 3. The van der Waals surface area contributed by atoms with Gasteiger partial charge in [0.05, 0.1) is 26.9 Å². The van der Waals surface area contributed by atoms with E-state index in [1.807, 2.05) is 6.92 Å². The van der Waals surface area contributed by atoms with Crippen molar-refractivity contribution in [2.75, 3.05) is 11.4 Å². The Balaban J connectivity index is 1.52. The monoisotopic (exact) mass is 401 g/mol. The number of thiazole rings is 1. The normalized spacial score (nSPS) is 16.7. The predicted molar refractivity (Wildman–Crippen MR) is 105 cm³/mol. The van der Waals surface area contributed by atoms with Crippen molar-refractivity contribution in [1.29, 1.82) is 0 Å². The van der Waals surface area contributed by atoms with Gasteiger partial charge in [-0.05, 0) is 38.0 Å². The highest BCUT2D eigenvalue weighted by Gasteiger charge is 2.33. The average Bonchev–Trinajstić information content (AvgIpc) is 3.28. The molecule has 5 rings (SSSR count). The molecule has 3 heterocycles. The van der Waals surface area contributed by atoms with Crippen LogP contribution in [0.5, 0.6) is 0 Å². The molecule has 4 nitrogen and oxygen atoms in total. The summed E-state index contributed by atoms with van der Waals surface area (Å²) in [5, 5.41) is 1.45. The summed E-state index contributed by atoms with van der Waals surface area (Å²) >= 11 is 7.87. The number of aryl methyl sites for hydroxylation is 1. The minimum absolute atomic E-state index is 0.0954. The fourth-order valence-corrected chi connectivity index (χ4v) is 4.97. The van der Waals surface area contributed by atoms with Gasteiger partial charge in [-0.15, -0.1) is 11.3 Å². The molecule has 1 aliphatic heterocycles. The van der Waals surface area contributed by atoms with Crippen molar-refractivity contribution in [2.24, 2.45) is 0 Å². The van der Waals surface area contributed by atoms with Crippen molar-refractivity contribution in [3.05, 3.63) is 56.2 Å². The molecule has 0 bridgehead atoms. The van der Waals surface area contributed by atoms with Crippen LogP contribution in [0.25, 0.3) is 11.3 Å². The molecule has 27 heavy (non-hydrogen) atoms. The smallest absolute Gasteiger partial charge is 0.261 e. The van der Waals surface area contributed by atoms with E-state index in [4.69, 9.17) is 16.6 Å². The first-order chi connectivity index (χ1) is 13.0. The summed E-state index contributed by atoms with van der Waals surface area (Å²) in [6, 6.07) is 6.29. The number of rotatable bonds is 3. The zero-order valence-corrected chi connectivity index (χ0v) is 16.3. The van der Waals surface area contributed by atoms with Crippen molar-refractivity contribution < 1.29 is 9.18 Å². The SMILES string of the molecule is Cc1sc(C2CC2)nc1N1CCc2[nH]c(-c3c(F)cccc3Cl)cc2C1=O. The van der Waals surface area contributed by atoms with E-state index in [0.717, 1.165) is 21.4 Å². The van der Waals surface area contributed by atoms with Gasteiger partial charge in [-0.2, -0.15) is 0 Å². The van der Waals surface area contributed by atoms with Crippen LogP contribution in [0.4, 0.5) is 10.2 Å². The first-order valence-electron chi connectivity index (χ1n) is 8.98. The number of H-pyrrole nitrogens is 1. The Morgan fingerprint density at radius 2 is 2.19 bits per heavy atom. The van der Waals surface area contributed by atoms with E-state index < -0.39 is 5.82 Å². The molecular formula is C20H17ClFN3OS. The van der Waals surface area contributed by atoms with Gasteiger partial charge in [0.2, 0.25) is 0 Å². The molecule has 0 radical (unpaired) electrons. The molecule has 0 spiro atoms. The number of anilines is 1.